The third kappa shape index (κ3) is 2.12. The van der Waals surface area contributed by atoms with E-state index in [1.54, 1.807) is 18.0 Å². The molecule has 1 aliphatic rings. The molecular formula is C11H10N2S. The number of nitrogens with zero attached hydrogens (tertiary/aromatic N) is 2. The summed E-state index contributed by atoms with van der Waals surface area (Å²) >= 11 is 1.56. The highest BCUT2D eigenvalue weighted by Gasteiger charge is 2.04. The minimum atomic E-state index is 0.797. The van der Waals surface area contributed by atoms with Gasteiger partial charge in [-0.25, -0.2) is 0 Å². The van der Waals surface area contributed by atoms with Gasteiger partial charge in [0.1, 0.15) is 0 Å². The Morgan fingerprint density at radius 3 is 3.29 bits per heavy atom. The Hall–Kier alpha value is -1.35. The van der Waals surface area contributed by atoms with Gasteiger partial charge in [-0.15, -0.1) is 0 Å². The van der Waals surface area contributed by atoms with Gasteiger partial charge in [0.2, 0.25) is 0 Å². The number of pyridine rings is 1. The van der Waals surface area contributed by atoms with Crippen LogP contribution in [0.5, 0.6) is 0 Å². The van der Waals surface area contributed by atoms with Crippen LogP contribution in [0.2, 0.25) is 0 Å². The molecule has 0 radical (unpaired) electrons. The van der Waals surface area contributed by atoms with Crippen molar-refractivity contribution in [2.24, 2.45) is 4.99 Å². The predicted molar refractivity (Wildman–Crippen MR) is 60.6 cm³/mol. The summed E-state index contributed by atoms with van der Waals surface area (Å²) in [7, 11) is 0. The van der Waals surface area contributed by atoms with Crippen molar-refractivity contribution in [2.45, 2.75) is 11.3 Å². The van der Waals surface area contributed by atoms with Crippen LogP contribution in [0, 0.1) is 0 Å². The van der Waals surface area contributed by atoms with E-state index in [1.807, 2.05) is 24.4 Å². The third-order valence-electron chi connectivity index (χ3n) is 1.83. The second kappa shape index (κ2) is 4.24. The van der Waals surface area contributed by atoms with Crippen LogP contribution >= 0.6 is 11.8 Å². The largest absolute Gasteiger partial charge is 0.260 e. The number of allylic oxidation sites excluding steroid dienone is 2. The summed E-state index contributed by atoms with van der Waals surface area (Å²) in [6.45, 7) is 3.86. The Morgan fingerprint density at radius 1 is 1.43 bits per heavy atom. The molecule has 0 spiro atoms. The lowest BCUT2D eigenvalue weighted by Crippen LogP contribution is -1.89. The SMILES string of the molecule is C=C1N=C/C=C\Cc2ncccc2S1. The third-order valence-corrected chi connectivity index (χ3v) is 2.76. The fraction of sp³-hybridized carbons (Fsp3) is 0.0909. The first-order valence-corrected chi connectivity index (χ1v) is 5.18. The van der Waals surface area contributed by atoms with Gasteiger partial charge in [-0.2, -0.15) is 0 Å². The normalized spacial score (nSPS) is 17.9. The lowest BCUT2D eigenvalue weighted by atomic mass is 10.2. The van der Waals surface area contributed by atoms with Gasteiger partial charge >= 0.3 is 0 Å². The fourth-order valence-electron chi connectivity index (χ4n) is 1.19. The molecule has 70 valence electrons. The number of hydrogen-bond acceptors (Lipinski definition) is 3. The Labute approximate surface area is 87.5 Å². The van der Waals surface area contributed by atoms with Gasteiger partial charge in [0.05, 0.1) is 10.7 Å². The maximum Gasteiger partial charge on any atom is 0.0936 e. The van der Waals surface area contributed by atoms with E-state index in [1.165, 1.54) is 0 Å². The minimum Gasteiger partial charge on any atom is -0.260 e. The zero-order valence-corrected chi connectivity index (χ0v) is 8.50. The number of fused-ring (bicyclic) bond motifs is 1. The molecule has 0 N–H and O–H groups in total. The van der Waals surface area contributed by atoms with Crippen LogP contribution in [-0.2, 0) is 6.42 Å². The molecule has 0 amide bonds. The number of rotatable bonds is 0. The van der Waals surface area contributed by atoms with Gasteiger partial charge in [-0.3, -0.25) is 9.98 Å². The van der Waals surface area contributed by atoms with Crippen LogP contribution < -0.4 is 0 Å². The summed E-state index contributed by atoms with van der Waals surface area (Å²) in [4.78, 5) is 9.64. The smallest absolute Gasteiger partial charge is 0.0936 e. The van der Waals surface area contributed by atoms with E-state index in [0.717, 1.165) is 22.0 Å². The molecule has 1 aromatic rings. The van der Waals surface area contributed by atoms with Crippen molar-refractivity contribution in [3.63, 3.8) is 0 Å². The van der Waals surface area contributed by atoms with Gasteiger partial charge in [0.25, 0.3) is 0 Å². The first-order valence-electron chi connectivity index (χ1n) is 4.36. The second-order valence-corrected chi connectivity index (χ2v) is 3.97. The highest BCUT2D eigenvalue weighted by molar-refractivity contribution is 8.03. The van der Waals surface area contributed by atoms with Gasteiger partial charge in [-0.1, -0.05) is 24.4 Å². The van der Waals surface area contributed by atoms with Gasteiger partial charge in [-0.05, 0) is 18.2 Å². The average Bonchev–Trinajstić information content (AvgIpc) is 2.27. The Kier molecular flexibility index (Phi) is 2.79. The van der Waals surface area contributed by atoms with E-state index in [4.69, 9.17) is 0 Å². The molecule has 0 aromatic carbocycles. The van der Waals surface area contributed by atoms with E-state index in [9.17, 15) is 0 Å². The number of aliphatic imine (C=N–C) groups is 1. The van der Waals surface area contributed by atoms with Crippen LogP contribution in [0.4, 0.5) is 0 Å². The zero-order valence-electron chi connectivity index (χ0n) is 7.68. The standard InChI is InChI=1S/C11H10N2S/c1-9-12-7-3-2-5-10-11(14-9)6-4-8-13-10/h2-4,6-8H,1,5H2/b3-2-,12-7?. The van der Waals surface area contributed by atoms with Crippen LogP contribution in [0.25, 0.3) is 0 Å². The van der Waals surface area contributed by atoms with Crippen molar-refractivity contribution in [1.82, 2.24) is 4.98 Å². The van der Waals surface area contributed by atoms with Gasteiger partial charge < -0.3 is 0 Å². The lowest BCUT2D eigenvalue weighted by molar-refractivity contribution is 1.04. The maximum absolute atomic E-state index is 4.33. The molecule has 2 nitrogen and oxygen atoms in total. The molecule has 3 heteroatoms. The molecule has 2 heterocycles. The molecule has 0 aliphatic carbocycles. The highest BCUT2D eigenvalue weighted by Crippen LogP contribution is 2.28. The van der Waals surface area contributed by atoms with Crippen LogP contribution in [0.1, 0.15) is 5.69 Å². The van der Waals surface area contributed by atoms with E-state index in [2.05, 4.69) is 22.6 Å². The molecule has 14 heavy (non-hydrogen) atoms. The van der Waals surface area contributed by atoms with E-state index in [-0.39, 0.29) is 0 Å². The quantitative estimate of drug-likeness (QED) is 0.646. The number of hydrogen-bond donors (Lipinski definition) is 0. The summed E-state index contributed by atoms with van der Waals surface area (Å²) in [5, 5.41) is 0.797. The van der Waals surface area contributed by atoms with Crippen LogP contribution in [0.15, 0.2) is 52.0 Å². The molecule has 0 fully saturated rings. The Balaban J connectivity index is 2.39. The van der Waals surface area contributed by atoms with Crippen molar-refractivity contribution < 1.29 is 0 Å². The summed E-state index contributed by atoms with van der Waals surface area (Å²) in [5.41, 5.74) is 1.08. The topological polar surface area (TPSA) is 25.2 Å². The first-order chi connectivity index (χ1) is 6.86. The van der Waals surface area contributed by atoms with Gasteiger partial charge in [0, 0.05) is 23.7 Å². The summed E-state index contributed by atoms with van der Waals surface area (Å²) in [6.07, 6.45) is 8.41. The van der Waals surface area contributed by atoms with Crippen molar-refractivity contribution in [3.8, 4) is 0 Å². The predicted octanol–water partition coefficient (Wildman–Crippen LogP) is 2.83. The van der Waals surface area contributed by atoms with Crippen LogP contribution in [0.3, 0.4) is 0 Å². The summed E-state index contributed by atoms with van der Waals surface area (Å²) in [5.74, 6) is 0. The fourth-order valence-corrected chi connectivity index (χ4v) is 1.96. The van der Waals surface area contributed by atoms with Crippen molar-refractivity contribution in [1.29, 1.82) is 0 Å². The molecule has 0 atom stereocenters. The molecule has 0 saturated heterocycles. The molecule has 1 aliphatic heterocycles. The van der Waals surface area contributed by atoms with E-state index >= 15 is 0 Å². The molecular weight excluding hydrogens is 192 g/mol. The molecule has 1 aromatic heterocycles. The van der Waals surface area contributed by atoms with Crippen molar-refractivity contribution in [3.05, 3.63) is 47.8 Å². The van der Waals surface area contributed by atoms with Crippen LogP contribution in [-0.4, -0.2) is 11.2 Å². The maximum atomic E-state index is 4.33. The van der Waals surface area contributed by atoms with E-state index < -0.39 is 0 Å². The van der Waals surface area contributed by atoms with Gasteiger partial charge in [0.15, 0.2) is 0 Å². The summed E-state index contributed by atoms with van der Waals surface area (Å²) < 4.78 is 0. The zero-order chi connectivity index (χ0) is 9.80. The van der Waals surface area contributed by atoms with E-state index in [0.29, 0.717) is 0 Å². The van der Waals surface area contributed by atoms with Crippen molar-refractivity contribution in [2.75, 3.05) is 0 Å². The Bertz CT molecular complexity index is 408. The summed E-state index contributed by atoms with van der Waals surface area (Å²) in [6, 6.07) is 3.98. The molecule has 0 unspecified atom stereocenters. The molecule has 2 rings (SSSR count). The molecule has 0 saturated carbocycles. The lowest BCUT2D eigenvalue weighted by Gasteiger charge is -2.04. The monoisotopic (exact) mass is 202 g/mol. The second-order valence-electron chi connectivity index (χ2n) is 2.85. The average molecular weight is 202 g/mol. The highest BCUT2D eigenvalue weighted by atomic mass is 32.2. The number of aromatic nitrogens is 1. The number of thioether (sulfide) groups is 1. The van der Waals surface area contributed by atoms with Crippen molar-refractivity contribution >= 4 is 18.0 Å². The Morgan fingerprint density at radius 2 is 2.36 bits per heavy atom. The minimum absolute atomic E-state index is 0.797. The first kappa shape index (κ1) is 9.21. The molecule has 0 bridgehead atoms.